The highest BCUT2D eigenvalue weighted by atomic mass is 15.2. The predicted molar refractivity (Wildman–Crippen MR) is 60.5 cm³/mol. The van der Waals surface area contributed by atoms with Crippen molar-refractivity contribution in [2.75, 3.05) is 13.1 Å². The minimum atomic E-state index is 0.712. The summed E-state index contributed by atoms with van der Waals surface area (Å²) in [6.07, 6.45) is 7.12. The van der Waals surface area contributed by atoms with E-state index in [4.69, 9.17) is 0 Å². The lowest BCUT2D eigenvalue weighted by Gasteiger charge is -2.32. The standard InChI is InChI=1S/C12H24N2/c1-10-7-8-14(11(2)9-13-10)12-5-3-4-6-12/h10-13H,3-9H2,1-2H3. The Bertz CT molecular complexity index is 175. The van der Waals surface area contributed by atoms with Crippen molar-refractivity contribution in [3.63, 3.8) is 0 Å². The summed E-state index contributed by atoms with van der Waals surface area (Å²) < 4.78 is 0. The van der Waals surface area contributed by atoms with Crippen LogP contribution in [0.5, 0.6) is 0 Å². The van der Waals surface area contributed by atoms with Crippen molar-refractivity contribution in [2.24, 2.45) is 0 Å². The Balaban J connectivity index is 1.94. The van der Waals surface area contributed by atoms with Gasteiger partial charge in [0.15, 0.2) is 0 Å². The van der Waals surface area contributed by atoms with Gasteiger partial charge in [-0.2, -0.15) is 0 Å². The summed E-state index contributed by atoms with van der Waals surface area (Å²) in [5.41, 5.74) is 0. The van der Waals surface area contributed by atoms with E-state index < -0.39 is 0 Å². The van der Waals surface area contributed by atoms with Crippen molar-refractivity contribution in [3.05, 3.63) is 0 Å². The third-order valence-corrected chi connectivity index (χ3v) is 3.94. The molecule has 2 rings (SSSR count). The van der Waals surface area contributed by atoms with E-state index in [0.29, 0.717) is 6.04 Å². The van der Waals surface area contributed by atoms with Crippen LogP contribution in [-0.4, -0.2) is 36.1 Å². The highest BCUT2D eigenvalue weighted by Crippen LogP contribution is 2.26. The van der Waals surface area contributed by atoms with E-state index in [2.05, 4.69) is 24.1 Å². The molecule has 1 N–H and O–H groups in total. The van der Waals surface area contributed by atoms with Crippen LogP contribution in [0.1, 0.15) is 46.0 Å². The third-order valence-electron chi connectivity index (χ3n) is 3.94. The molecule has 0 aromatic heterocycles. The summed E-state index contributed by atoms with van der Waals surface area (Å²) >= 11 is 0. The largest absolute Gasteiger partial charge is 0.313 e. The summed E-state index contributed by atoms with van der Waals surface area (Å²) in [4.78, 5) is 2.75. The molecule has 1 aliphatic heterocycles. The first-order valence-corrected chi connectivity index (χ1v) is 6.26. The average molecular weight is 196 g/mol. The molecule has 2 aliphatic rings. The molecule has 0 aromatic rings. The first-order valence-electron chi connectivity index (χ1n) is 6.26. The molecule has 0 aromatic carbocycles. The van der Waals surface area contributed by atoms with Gasteiger partial charge in [-0.25, -0.2) is 0 Å². The first-order chi connectivity index (χ1) is 6.77. The highest BCUT2D eigenvalue weighted by molar-refractivity contribution is 4.85. The van der Waals surface area contributed by atoms with Gasteiger partial charge in [-0.05, 0) is 33.1 Å². The lowest BCUT2D eigenvalue weighted by atomic mass is 10.1. The van der Waals surface area contributed by atoms with Gasteiger partial charge in [-0.3, -0.25) is 4.90 Å². The fourth-order valence-electron chi connectivity index (χ4n) is 2.93. The summed E-state index contributed by atoms with van der Waals surface area (Å²) in [5, 5.41) is 3.61. The molecular weight excluding hydrogens is 172 g/mol. The molecule has 1 saturated carbocycles. The maximum Gasteiger partial charge on any atom is 0.0195 e. The molecule has 2 nitrogen and oxygen atoms in total. The zero-order valence-electron chi connectivity index (χ0n) is 9.63. The van der Waals surface area contributed by atoms with E-state index in [1.165, 1.54) is 45.2 Å². The Morgan fingerprint density at radius 3 is 2.50 bits per heavy atom. The summed E-state index contributed by atoms with van der Waals surface area (Å²) in [6, 6.07) is 2.35. The van der Waals surface area contributed by atoms with Gasteiger partial charge in [0, 0.05) is 31.2 Å². The van der Waals surface area contributed by atoms with E-state index in [-0.39, 0.29) is 0 Å². The molecular formula is C12H24N2. The van der Waals surface area contributed by atoms with Gasteiger partial charge in [0.2, 0.25) is 0 Å². The molecule has 2 fully saturated rings. The number of hydrogen-bond acceptors (Lipinski definition) is 2. The van der Waals surface area contributed by atoms with Crippen molar-refractivity contribution in [1.29, 1.82) is 0 Å². The highest BCUT2D eigenvalue weighted by Gasteiger charge is 2.28. The van der Waals surface area contributed by atoms with Crippen LogP contribution in [-0.2, 0) is 0 Å². The average Bonchev–Trinajstić information content (AvgIpc) is 2.63. The first kappa shape index (κ1) is 10.4. The van der Waals surface area contributed by atoms with E-state index >= 15 is 0 Å². The fraction of sp³-hybridized carbons (Fsp3) is 1.00. The Labute approximate surface area is 88.1 Å². The second-order valence-electron chi connectivity index (χ2n) is 5.12. The fourth-order valence-corrected chi connectivity index (χ4v) is 2.93. The number of nitrogens with zero attached hydrogens (tertiary/aromatic N) is 1. The van der Waals surface area contributed by atoms with E-state index in [0.717, 1.165) is 12.1 Å². The van der Waals surface area contributed by atoms with Crippen LogP contribution >= 0.6 is 0 Å². The monoisotopic (exact) mass is 196 g/mol. The molecule has 1 aliphatic carbocycles. The number of rotatable bonds is 1. The van der Waals surface area contributed by atoms with Crippen molar-refractivity contribution >= 4 is 0 Å². The number of hydrogen-bond donors (Lipinski definition) is 1. The SMILES string of the molecule is CC1CCN(C2CCCC2)C(C)CN1. The molecule has 2 heteroatoms. The minimum Gasteiger partial charge on any atom is -0.313 e. The van der Waals surface area contributed by atoms with E-state index in [1.54, 1.807) is 0 Å². The maximum absolute atomic E-state index is 3.61. The van der Waals surface area contributed by atoms with Gasteiger partial charge in [-0.15, -0.1) is 0 Å². The van der Waals surface area contributed by atoms with Crippen molar-refractivity contribution in [1.82, 2.24) is 10.2 Å². The Kier molecular flexibility index (Phi) is 3.45. The van der Waals surface area contributed by atoms with Crippen LogP contribution in [0.15, 0.2) is 0 Å². The lowest BCUT2D eigenvalue weighted by Crippen LogP contribution is -2.43. The van der Waals surface area contributed by atoms with Gasteiger partial charge in [0.25, 0.3) is 0 Å². The van der Waals surface area contributed by atoms with Crippen LogP contribution < -0.4 is 5.32 Å². The predicted octanol–water partition coefficient (Wildman–Crippen LogP) is 2.00. The van der Waals surface area contributed by atoms with Crippen molar-refractivity contribution in [3.8, 4) is 0 Å². The number of nitrogens with one attached hydrogen (secondary N) is 1. The quantitative estimate of drug-likeness (QED) is 0.690. The Morgan fingerprint density at radius 2 is 1.79 bits per heavy atom. The molecule has 2 atom stereocenters. The molecule has 0 spiro atoms. The van der Waals surface area contributed by atoms with Crippen LogP contribution in [0, 0.1) is 0 Å². The molecule has 1 saturated heterocycles. The van der Waals surface area contributed by atoms with Crippen LogP contribution in [0.2, 0.25) is 0 Å². The van der Waals surface area contributed by atoms with Gasteiger partial charge in [0.05, 0.1) is 0 Å². The second-order valence-corrected chi connectivity index (χ2v) is 5.12. The molecule has 0 bridgehead atoms. The van der Waals surface area contributed by atoms with Gasteiger partial charge < -0.3 is 5.32 Å². The van der Waals surface area contributed by atoms with Gasteiger partial charge >= 0.3 is 0 Å². The summed E-state index contributed by atoms with van der Waals surface area (Å²) in [6.45, 7) is 7.17. The summed E-state index contributed by atoms with van der Waals surface area (Å²) in [7, 11) is 0. The van der Waals surface area contributed by atoms with Gasteiger partial charge in [-0.1, -0.05) is 12.8 Å². The van der Waals surface area contributed by atoms with Crippen LogP contribution in [0.25, 0.3) is 0 Å². The molecule has 1 heterocycles. The molecule has 0 radical (unpaired) electrons. The zero-order chi connectivity index (χ0) is 9.97. The van der Waals surface area contributed by atoms with Crippen LogP contribution in [0.4, 0.5) is 0 Å². The van der Waals surface area contributed by atoms with Gasteiger partial charge in [0.1, 0.15) is 0 Å². The molecule has 0 amide bonds. The smallest absolute Gasteiger partial charge is 0.0195 e. The second kappa shape index (κ2) is 4.63. The Morgan fingerprint density at radius 1 is 1.07 bits per heavy atom. The zero-order valence-corrected chi connectivity index (χ0v) is 9.63. The van der Waals surface area contributed by atoms with E-state index in [1.807, 2.05) is 0 Å². The lowest BCUT2D eigenvalue weighted by molar-refractivity contribution is 0.156. The third kappa shape index (κ3) is 2.29. The summed E-state index contributed by atoms with van der Waals surface area (Å²) in [5.74, 6) is 0. The van der Waals surface area contributed by atoms with Crippen molar-refractivity contribution < 1.29 is 0 Å². The maximum atomic E-state index is 3.61. The van der Waals surface area contributed by atoms with Crippen LogP contribution in [0.3, 0.4) is 0 Å². The van der Waals surface area contributed by atoms with Crippen molar-refractivity contribution in [2.45, 2.75) is 64.1 Å². The molecule has 14 heavy (non-hydrogen) atoms. The van der Waals surface area contributed by atoms with E-state index in [9.17, 15) is 0 Å². The minimum absolute atomic E-state index is 0.712. The topological polar surface area (TPSA) is 15.3 Å². The normalized spacial score (nSPS) is 37.3. The molecule has 82 valence electrons. The molecule has 2 unspecified atom stereocenters. The Hall–Kier alpha value is -0.0800.